The average Bonchev–Trinajstić information content (AvgIpc) is 2.61. The van der Waals surface area contributed by atoms with Crippen molar-refractivity contribution in [1.29, 1.82) is 0 Å². The molecule has 2 aliphatic rings. The number of fused-ring (bicyclic) bond motifs is 1. The van der Waals surface area contributed by atoms with E-state index >= 15 is 0 Å². The van der Waals surface area contributed by atoms with Crippen molar-refractivity contribution < 1.29 is 29.2 Å². The van der Waals surface area contributed by atoms with Crippen LogP contribution in [-0.4, -0.2) is 53.0 Å². The number of esters is 1. The first-order valence-electron chi connectivity index (χ1n) is 4.79. The van der Waals surface area contributed by atoms with E-state index in [1.165, 1.54) is 0 Å². The van der Waals surface area contributed by atoms with Crippen LogP contribution in [0.5, 0.6) is 0 Å². The van der Waals surface area contributed by atoms with Crippen molar-refractivity contribution in [1.82, 2.24) is 0 Å². The highest BCUT2D eigenvalue weighted by molar-refractivity contribution is 5.78. The van der Waals surface area contributed by atoms with Crippen molar-refractivity contribution in [2.24, 2.45) is 0 Å². The molecule has 0 aromatic rings. The lowest BCUT2D eigenvalue weighted by atomic mass is 10.1. The molecule has 0 amide bonds. The zero-order valence-corrected chi connectivity index (χ0v) is 8.54. The Morgan fingerprint density at radius 3 is 2.73 bits per heavy atom. The van der Waals surface area contributed by atoms with Gasteiger partial charge in [0, 0.05) is 0 Å². The summed E-state index contributed by atoms with van der Waals surface area (Å²) in [6, 6.07) is 0. The van der Waals surface area contributed by atoms with Crippen LogP contribution < -0.4 is 0 Å². The summed E-state index contributed by atoms with van der Waals surface area (Å²) < 4.78 is 15.6. The largest absolute Gasteiger partial charge is 0.455 e. The Morgan fingerprint density at radius 2 is 2.13 bits per heavy atom. The van der Waals surface area contributed by atoms with E-state index in [4.69, 9.17) is 19.3 Å². The molecule has 6 heteroatoms. The van der Waals surface area contributed by atoms with Crippen LogP contribution in [0.2, 0.25) is 0 Å². The monoisotopic (exact) mass is 218 g/mol. The SMILES string of the molecule is CC1(C)OC2[C@@H](C(O)CO)OC(=O)[C@@H]2O1. The molecule has 2 N–H and O–H groups in total. The molecule has 0 aromatic carbocycles. The quantitative estimate of drug-likeness (QED) is 0.565. The Balaban J connectivity index is 2.16. The fraction of sp³-hybridized carbons (Fsp3) is 0.889. The zero-order valence-electron chi connectivity index (χ0n) is 8.54. The summed E-state index contributed by atoms with van der Waals surface area (Å²) in [6.07, 6.45) is -3.43. The van der Waals surface area contributed by atoms with Gasteiger partial charge in [0.25, 0.3) is 0 Å². The molecule has 0 spiro atoms. The van der Waals surface area contributed by atoms with Crippen molar-refractivity contribution in [3.8, 4) is 0 Å². The maximum absolute atomic E-state index is 11.4. The van der Waals surface area contributed by atoms with E-state index in [2.05, 4.69) is 0 Å². The Kier molecular flexibility index (Phi) is 2.46. The van der Waals surface area contributed by atoms with Crippen molar-refractivity contribution in [3.05, 3.63) is 0 Å². The molecule has 0 bridgehead atoms. The predicted octanol–water partition coefficient (Wildman–Crippen LogP) is -1.21. The zero-order chi connectivity index (χ0) is 11.2. The Labute approximate surface area is 86.7 Å². The van der Waals surface area contributed by atoms with Gasteiger partial charge in [-0.2, -0.15) is 0 Å². The molecule has 15 heavy (non-hydrogen) atoms. The van der Waals surface area contributed by atoms with Gasteiger partial charge < -0.3 is 24.4 Å². The molecule has 2 fully saturated rings. The highest BCUT2D eigenvalue weighted by atomic mass is 16.8. The molecule has 2 heterocycles. The molecule has 0 aliphatic carbocycles. The minimum absolute atomic E-state index is 0.481. The summed E-state index contributed by atoms with van der Waals surface area (Å²) in [4.78, 5) is 11.4. The van der Waals surface area contributed by atoms with Gasteiger partial charge in [-0.15, -0.1) is 0 Å². The molecular weight excluding hydrogens is 204 g/mol. The second-order valence-corrected chi connectivity index (χ2v) is 4.17. The number of aliphatic hydroxyl groups is 2. The number of carbonyl (C=O) groups excluding carboxylic acids is 1. The van der Waals surface area contributed by atoms with Crippen LogP contribution >= 0.6 is 0 Å². The van der Waals surface area contributed by atoms with E-state index in [0.29, 0.717) is 0 Å². The maximum Gasteiger partial charge on any atom is 0.338 e. The summed E-state index contributed by atoms with van der Waals surface area (Å²) in [5.74, 6) is -1.41. The number of ether oxygens (including phenoxy) is 3. The topological polar surface area (TPSA) is 85.2 Å². The maximum atomic E-state index is 11.4. The highest BCUT2D eigenvalue weighted by Gasteiger charge is 2.57. The van der Waals surface area contributed by atoms with Crippen LogP contribution in [0.25, 0.3) is 0 Å². The first kappa shape index (κ1) is 10.8. The van der Waals surface area contributed by atoms with Crippen LogP contribution in [0.15, 0.2) is 0 Å². The fourth-order valence-electron chi connectivity index (χ4n) is 1.88. The number of aliphatic hydroxyl groups excluding tert-OH is 2. The van der Waals surface area contributed by atoms with Gasteiger partial charge in [0.1, 0.15) is 12.2 Å². The lowest BCUT2D eigenvalue weighted by Crippen LogP contribution is -2.40. The molecule has 4 atom stereocenters. The van der Waals surface area contributed by atoms with Crippen molar-refractivity contribution in [2.45, 2.75) is 44.1 Å². The Morgan fingerprint density at radius 1 is 1.47 bits per heavy atom. The number of carbonyl (C=O) groups is 1. The minimum atomic E-state index is -1.14. The van der Waals surface area contributed by atoms with Crippen molar-refractivity contribution in [2.75, 3.05) is 6.61 Å². The molecule has 2 rings (SSSR count). The van der Waals surface area contributed by atoms with E-state index < -0.39 is 42.8 Å². The summed E-state index contributed by atoms with van der Waals surface area (Å²) in [6.45, 7) is 2.88. The van der Waals surface area contributed by atoms with Gasteiger partial charge in [0.05, 0.1) is 6.61 Å². The first-order chi connectivity index (χ1) is 6.94. The van der Waals surface area contributed by atoms with Crippen molar-refractivity contribution in [3.63, 3.8) is 0 Å². The smallest absolute Gasteiger partial charge is 0.338 e. The minimum Gasteiger partial charge on any atom is -0.455 e. The second kappa shape index (κ2) is 3.41. The van der Waals surface area contributed by atoms with Gasteiger partial charge in [-0.25, -0.2) is 4.79 Å². The molecule has 0 aromatic heterocycles. The molecular formula is C9H14O6. The first-order valence-corrected chi connectivity index (χ1v) is 4.79. The predicted molar refractivity (Wildman–Crippen MR) is 46.8 cm³/mol. The summed E-state index contributed by atoms with van der Waals surface area (Å²) >= 11 is 0. The van der Waals surface area contributed by atoms with Gasteiger partial charge in [-0.3, -0.25) is 0 Å². The van der Waals surface area contributed by atoms with E-state index in [0.717, 1.165) is 0 Å². The summed E-state index contributed by atoms with van der Waals surface area (Å²) in [5.41, 5.74) is 0. The van der Waals surface area contributed by atoms with E-state index in [-0.39, 0.29) is 0 Å². The van der Waals surface area contributed by atoms with Gasteiger partial charge >= 0.3 is 5.97 Å². The molecule has 86 valence electrons. The molecule has 2 aliphatic heterocycles. The van der Waals surface area contributed by atoms with Crippen LogP contribution in [0.4, 0.5) is 0 Å². The molecule has 0 radical (unpaired) electrons. The fourth-order valence-corrected chi connectivity index (χ4v) is 1.88. The second-order valence-electron chi connectivity index (χ2n) is 4.17. The van der Waals surface area contributed by atoms with Gasteiger partial charge in [0.15, 0.2) is 18.0 Å². The highest BCUT2D eigenvalue weighted by Crippen LogP contribution is 2.36. The lowest BCUT2D eigenvalue weighted by Gasteiger charge is -2.23. The van der Waals surface area contributed by atoms with Crippen LogP contribution in [0.1, 0.15) is 13.8 Å². The van der Waals surface area contributed by atoms with Gasteiger partial charge in [-0.05, 0) is 13.8 Å². The third-order valence-corrected chi connectivity index (χ3v) is 2.50. The average molecular weight is 218 g/mol. The van der Waals surface area contributed by atoms with Gasteiger partial charge in [-0.1, -0.05) is 0 Å². The van der Waals surface area contributed by atoms with Gasteiger partial charge in [0.2, 0.25) is 0 Å². The van der Waals surface area contributed by atoms with E-state index in [1.54, 1.807) is 13.8 Å². The number of hydrogen-bond acceptors (Lipinski definition) is 6. The molecule has 6 nitrogen and oxygen atoms in total. The van der Waals surface area contributed by atoms with Crippen LogP contribution in [-0.2, 0) is 19.0 Å². The van der Waals surface area contributed by atoms with E-state index in [1.807, 2.05) is 0 Å². The normalized spacial score (nSPS) is 40.0. The van der Waals surface area contributed by atoms with E-state index in [9.17, 15) is 9.90 Å². The number of hydrogen-bond donors (Lipinski definition) is 2. The number of cyclic esters (lactones) is 1. The number of rotatable bonds is 2. The molecule has 2 unspecified atom stereocenters. The third kappa shape index (κ3) is 1.74. The Bertz CT molecular complexity index is 276. The molecule has 2 saturated heterocycles. The Hall–Kier alpha value is -0.690. The lowest BCUT2D eigenvalue weighted by molar-refractivity contribution is -0.195. The third-order valence-electron chi connectivity index (χ3n) is 2.50. The summed E-state index contributed by atoms with van der Waals surface area (Å²) in [5, 5.41) is 18.2. The standard InChI is InChI=1S/C9H14O6/c1-9(2)14-6-5(4(11)3-10)13-8(12)7(6)15-9/h4-7,10-11H,3H2,1-2H3/t4?,5-,6?,7-/m1/s1. The van der Waals surface area contributed by atoms with Crippen molar-refractivity contribution >= 4 is 5.97 Å². The van der Waals surface area contributed by atoms with Crippen LogP contribution in [0, 0.1) is 0 Å². The summed E-state index contributed by atoms with van der Waals surface area (Å²) in [7, 11) is 0. The van der Waals surface area contributed by atoms with Crippen LogP contribution in [0.3, 0.4) is 0 Å². The molecule has 0 saturated carbocycles.